The number of ether oxygens (including phenoxy) is 8. The van der Waals surface area contributed by atoms with Gasteiger partial charge in [-0.25, -0.2) is 9.59 Å². The zero-order valence-electron chi connectivity index (χ0n) is 45.2. The van der Waals surface area contributed by atoms with Crippen LogP contribution in [0.4, 0.5) is 0 Å². The Balaban J connectivity index is 1.13. The summed E-state index contributed by atoms with van der Waals surface area (Å²) in [7, 11) is 0. The van der Waals surface area contributed by atoms with Gasteiger partial charge in [0.1, 0.15) is 86.1 Å². The lowest BCUT2D eigenvalue weighted by Crippen LogP contribution is -2.72. The van der Waals surface area contributed by atoms with Crippen LogP contribution < -0.4 is 0 Å². The van der Waals surface area contributed by atoms with Gasteiger partial charge in [-0.15, -0.1) is 0 Å². The van der Waals surface area contributed by atoms with Crippen LogP contribution in [0.5, 0.6) is 0 Å². The molecule has 8 aliphatic rings. The van der Waals surface area contributed by atoms with Crippen molar-refractivity contribution in [3.8, 4) is 0 Å². The predicted molar refractivity (Wildman–Crippen MR) is 262 cm³/mol. The lowest BCUT2D eigenvalue weighted by Gasteiger charge is -2.72. The molecule has 26 atom stereocenters. The zero-order valence-corrected chi connectivity index (χ0v) is 45.2. The van der Waals surface area contributed by atoms with Crippen molar-refractivity contribution in [3.63, 3.8) is 0 Å². The lowest BCUT2D eigenvalue weighted by molar-refractivity contribution is -0.391. The van der Waals surface area contributed by atoms with Crippen molar-refractivity contribution in [2.45, 2.75) is 218 Å². The maximum atomic E-state index is 14.0. The van der Waals surface area contributed by atoms with Gasteiger partial charge in [-0.1, -0.05) is 59.3 Å². The van der Waals surface area contributed by atoms with Crippen LogP contribution in [0.15, 0.2) is 23.3 Å². The van der Waals surface area contributed by atoms with Gasteiger partial charge >= 0.3 is 17.9 Å². The van der Waals surface area contributed by atoms with E-state index < -0.39 is 186 Å². The number of esters is 2. The summed E-state index contributed by atoms with van der Waals surface area (Å²) in [4.78, 5) is 52.7. The summed E-state index contributed by atoms with van der Waals surface area (Å²) in [5.74, 6) is -3.96. The van der Waals surface area contributed by atoms with E-state index in [-0.39, 0.29) is 25.4 Å². The van der Waals surface area contributed by atoms with Crippen molar-refractivity contribution in [3.05, 3.63) is 23.3 Å². The van der Waals surface area contributed by atoms with E-state index in [1.54, 1.807) is 26.8 Å². The molecule has 7 fully saturated rings. The molecule has 0 aromatic rings. The summed E-state index contributed by atoms with van der Waals surface area (Å²) in [6, 6.07) is 0. The standard InChI is InChI=1S/C54H82O23/c1-10-23(2)45(69)77-43-42(66)54(22-71-24(3)57)26(17-49(43,4)5)25-11-12-30-50(6)15-14-32(51(7,21-56)29(50)13-16-52(30,8)53(25,9)18-31(54)59)73-48-41(76-47-37(64)35(62)34(61)28(19-55)72-47)39(38(65)40(75-48)44(67)68)74-46-36(63)33(60)27(58)20-70-46/h10-11,21,26-43,46-48,55,58-66H,12-20,22H2,1-9H3,(H,67,68)/b23-10+/t26-,27-,28+,29+,30+,31+,32-,33-,34-,35-,36+,37+,38-,39-,40-,41+,42-,43-,46+,47-,48+,50-,51-,52+,53+,54-/m0/s1. The summed E-state index contributed by atoms with van der Waals surface area (Å²) in [5, 5.41) is 121. The van der Waals surface area contributed by atoms with Crippen LogP contribution >= 0.6 is 0 Å². The highest BCUT2D eigenvalue weighted by Crippen LogP contribution is 2.76. The van der Waals surface area contributed by atoms with Gasteiger partial charge in [0.05, 0.1) is 36.3 Å². The summed E-state index contributed by atoms with van der Waals surface area (Å²) < 4.78 is 47.8. The Morgan fingerprint density at radius 3 is 2.05 bits per heavy atom. The fraction of sp³-hybridized carbons (Fsp3) is 0.852. The van der Waals surface area contributed by atoms with Crippen molar-refractivity contribution < 1.29 is 113 Å². The van der Waals surface area contributed by atoms with Gasteiger partial charge in [-0.2, -0.15) is 0 Å². The molecular formula is C54H82O23. The minimum atomic E-state index is -2.17. The topological polar surface area (TPSA) is 365 Å². The van der Waals surface area contributed by atoms with E-state index in [1.807, 2.05) is 13.8 Å². The molecule has 3 heterocycles. The van der Waals surface area contributed by atoms with Gasteiger partial charge in [-0.3, -0.25) is 4.79 Å². The fourth-order valence-corrected chi connectivity index (χ4v) is 15.7. The van der Waals surface area contributed by atoms with E-state index in [0.717, 1.165) is 11.9 Å². The predicted octanol–water partition coefficient (Wildman–Crippen LogP) is -0.475. The number of carbonyl (C=O) groups excluding carboxylic acids is 3. The first-order valence-corrected chi connectivity index (χ1v) is 26.9. The number of aldehydes is 1. The molecule has 0 spiro atoms. The second-order valence-electron chi connectivity index (χ2n) is 24.9. The average molecular weight is 1100 g/mol. The highest BCUT2D eigenvalue weighted by Gasteiger charge is 2.74. The second kappa shape index (κ2) is 21.7. The minimum Gasteiger partial charge on any atom is -0.479 e. The van der Waals surface area contributed by atoms with Crippen LogP contribution in [0.2, 0.25) is 0 Å². The van der Waals surface area contributed by atoms with Crippen LogP contribution in [0.25, 0.3) is 0 Å². The first-order chi connectivity index (χ1) is 35.9. The number of carboxylic acids is 1. The van der Waals surface area contributed by atoms with E-state index in [2.05, 4.69) is 26.8 Å². The Labute approximate surface area is 447 Å². The number of hydrogen-bond donors (Lipinski definition) is 11. The number of fused-ring (bicyclic) bond motifs is 7. The Hall–Kier alpha value is -3.08. The minimum absolute atomic E-state index is 0.122. The molecular weight excluding hydrogens is 1020 g/mol. The largest absolute Gasteiger partial charge is 0.479 e. The van der Waals surface area contributed by atoms with Crippen molar-refractivity contribution in [2.75, 3.05) is 19.8 Å². The number of aliphatic carboxylic acids is 1. The molecule has 0 aromatic heterocycles. The number of rotatable bonds is 13. The molecule has 11 N–H and O–H groups in total. The monoisotopic (exact) mass is 1100 g/mol. The molecule has 3 saturated heterocycles. The van der Waals surface area contributed by atoms with E-state index in [0.29, 0.717) is 37.7 Å². The summed E-state index contributed by atoms with van der Waals surface area (Å²) in [5.41, 5.74) is -4.13. The molecule has 5 aliphatic carbocycles. The molecule has 3 aliphatic heterocycles. The van der Waals surface area contributed by atoms with Crippen LogP contribution in [-0.4, -0.2) is 211 Å². The number of aliphatic hydroxyl groups is 10. The van der Waals surface area contributed by atoms with Crippen molar-refractivity contribution in [2.24, 2.45) is 50.2 Å². The first kappa shape index (κ1) is 60.0. The number of carbonyl (C=O) groups is 4. The van der Waals surface area contributed by atoms with Gasteiger partial charge in [0, 0.05) is 17.9 Å². The lowest BCUT2D eigenvalue weighted by atomic mass is 9.33. The van der Waals surface area contributed by atoms with Crippen LogP contribution in [0, 0.1) is 50.2 Å². The summed E-state index contributed by atoms with van der Waals surface area (Å²) in [6.45, 7) is 14.9. The van der Waals surface area contributed by atoms with Crippen molar-refractivity contribution >= 4 is 24.2 Å². The Morgan fingerprint density at radius 2 is 1.43 bits per heavy atom. The number of carboxylic acid groups (broad SMARTS) is 1. The number of hydrogen-bond acceptors (Lipinski definition) is 22. The SMILES string of the molecule is C/C=C(\C)C(=O)O[C@H]1[C@H](O)[C@]2(COC(C)=O)[C@H](O)C[C@]3(C)C(=CC[C@@H]4[C@@]5(C)CC[C@H](O[C@@H]6O[C@H](C(=O)O)[C@@H](O)[C@H](O[C@H]7OC[C@H](O)[C@H](O)[C@H]7O)[C@H]6O[C@@H]6O[C@H](CO)[C@H](O)[C@H](O)[C@H]6O)[C@@](C)(C=O)[C@@H]5CC[C@]43C)[C@@H]2CC1(C)C. The van der Waals surface area contributed by atoms with E-state index in [4.69, 9.17) is 37.9 Å². The highest BCUT2D eigenvalue weighted by atomic mass is 16.8. The Kier molecular flexibility index (Phi) is 16.9. The molecule has 436 valence electrons. The molecule has 0 aromatic carbocycles. The van der Waals surface area contributed by atoms with Gasteiger partial charge in [0.15, 0.2) is 25.0 Å². The third-order valence-electron chi connectivity index (χ3n) is 20.5. The van der Waals surface area contributed by atoms with Gasteiger partial charge in [-0.05, 0) is 92.8 Å². The van der Waals surface area contributed by atoms with Crippen LogP contribution in [-0.2, 0) is 57.1 Å². The molecule has 4 saturated carbocycles. The van der Waals surface area contributed by atoms with E-state index in [9.17, 15) is 75.3 Å². The maximum absolute atomic E-state index is 14.0. The van der Waals surface area contributed by atoms with Crippen molar-refractivity contribution in [1.29, 1.82) is 0 Å². The fourth-order valence-electron chi connectivity index (χ4n) is 15.7. The zero-order chi connectivity index (χ0) is 56.9. The van der Waals surface area contributed by atoms with Crippen LogP contribution in [0.1, 0.15) is 107 Å². The average Bonchev–Trinajstić information content (AvgIpc) is 3.51. The summed E-state index contributed by atoms with van der Waals surface area (Å²) in [6.07, 6.45) is -24.0. The van der Waals surface area contributed by atoms with Gasteiger partial charge in [0.25, 0.3) is 0 Å². The Bertz CT molecular complexity index is 2270. The molecule has 23 nitrogen and oxygen atoms in total. The normalized spacial score (nSPS) is 50.6. The maximum Gasteiger partial charge on any atom is 0.335 e. The molecule has 77 heavy (non-hydrogen) atoms. The third-order valence-corrected chi connectivity index (χ3v) is 20.5. The molecule has 0 radical (unpaired) electrons. The summed E-state index contributed by atoms with van der Waals surface area (Å²) >= 11 is 0. The number of allylic oxidation sites excluding steroid dienone is 3. The molecule has 8 rings (SSSR count). The van der Waals surface area contributed by atoms with Gasteiger partial charge < -0.3 is 98.9 Å². The van der Waals surface area contributed by atoms with E-state index >= 15 is 0 Å². The van der Waals surface area contributed by atoms with Crippen molar-refractivity contribution in [1.82, 2.24) is 0 Å². The number of aliphatic hydroxyl groups excluding tert-OH is 10. The second-order valence-corrected chi connectivity index (χ2v) is 24.9. The molecule has 23 heteroatoms. The van der Waals surface area contributed by atoms with E-state index in [1.165, 1.54) is 6.92 Å². The highest BCUT2D eigenvalue weighted by molar-refractivity contribution is 5.87. The smallest absolute Gasteiger partial charge is 0.335 e. The van der Waals surface area contributed by atoms with Crippen LogP contribution in [0.3, 0.4) is 0 Å². The molecule has 0 bridgehead atoms. The van der Waals surface area contributed by atoms with Gasteiger partial charge in [0.2, 0.25) is 0 Å². The Morgan fingerprint density at radius 1 is 0.766 bits per heavy atom. The molecule has 0 unspecified atom stereocenters. The quantitative estimate of drug-likeness (QED) is 0.0365. The molecule has 0 amide bonds. The first-order valence-electron chi connectivity index (χ1n) is 26.9. The third kappa shape index (κ3) is 9.65.